The zero-order valence-electron chi connectivity index (χ0n) is 7.27. The highest BCUT2D eigenvalue weighted by atomic mass is 35.5. The van der Waals surface area contributed by atoms with Crippen molar-refractivity contribution in [2.24, 2.45) is 4.99 Å². The number of nitrogens with zero attached hydrogens (tertiary/aromatic N) is 2. The number of fused-ring (bicyclic) bond motifs is 1. The van der Waals surface area contributed by atoms with Crippen LogP contribution in [-0.2, 0) is 0 Å². The molecule has 0 spiro atoms. The molecule has 0 aromatic heterocycles. The van der Waals surface area contributed by atoms with Gasteiger partial charge >= 0.3 is 0 Å². The summed E-state index contributed by atoms with van der Waals surface area (Å²) in [5.74, 6) is 0. The molecule has 0 aliphatic carbocycles. The molecular weight excluding hydrogens is 219 g/mol. The summed E-state index contributed by atoms with van der Waals surface area (Å²) in [6.07, 6.45) is 0.0243. The maximum Gasteiger partial charge on any atom is 0.131 e. The zero-order valence-corrected chi connectivity index (χ0v) is 8.78. The topological polar surface area (TPSA) is 15.4 Å². The van der Waals surface area contributed by atoms with E-state index in [1.165, 1.54) is 0 Å². The number of halogens is 2. The number of benzene rings is 1. The van der Waals surface area contributed by atoms with Crippen LogP contribution < -0.4 is 0 Å². The van der Waals surface area contributed by atoms with Crippen molar-refractivity contribution in [3.05, 3.63) is 35.9 Å². The Morgan fingerprint density at radius 2 is 1.93 bits per heavy atom. The highest BCUT2D eigenvalue weighted by Crippen LogP contribution is 2.48. The Labute approximate surface area is 92.1 Å². The Hall–Kier alpha value is -0.570. The Morgan fingerprint density at radius 1 is 1.21 bits per heavy atom. The lowest BCUT2D eigenvalue weighted by atomic mass is 10.2. The van der Waals surface area contributed by atoms with Crippen LogP contribution in [0.4, 0.5) is 0 Å². The molecule has 0 bridgehead atoms. The minimum absolute atomic E-state index is 0.0243. The van der Waals surface area contributed by atoms with Crippen molar-refractivity contribution in [3.8, 4) is 0 Å². The highest BCUT2D eigenvalue weighted by Gasteiger charge is 2.57. The largest absolute Gasteiger partial charge is 0.252 e. The second-order valence-corrected chi connectivity index (χ2v) is 4.34. The van der Waals surface area contributed by atoms with Gasteiger partial charge in [-0.25, -0.2) is 4.90 Å². The second kappa shape index (κ2) is 2.96. The Bertz CT molecular complexity index is 390. The molecule has 4 atom stereocenters. The summed E-state index contributed by atoms with van der Waals surface area (Å²) in [6, 6.07) is 10.2. The summed E-state index contributed by atoms with van der Waals surface area (Å²) in [5, 5.41) is 0.638. The Kier molecular flexibility index (Phi) is 1.84. The first kappa shape index (κ1) is 8.72. The van der Waals surface area contributed by atoms with Gasteiger partial charge in [-0.1, -0.05) is 41.9 Å². The molecular formula is C10H8Cl2N2. The summed E-state index contributed by atoms with van der Waals surface area (Å²) in [7, 11) is 0. The van der Waals surface area contributed by atoms with Gasteiger partial charge < -0.3 is 0 Å². The van der Waals surface area contributed by atoms with Crippen LogP contribution in [0.5, 0.6) is 0 Å². The van der Waals surface area contributed by atoms with E-state index in [0.717, 1.165) is 5.56 Å². The van der Waals surface area contributed by atoms with Crippen LogP contribution in [0, 0.1) is 0 Å². The summed E-state index contributed by atoms with van der Waals surface area (Å²) >= 11 is 12.0. The van der Waals surface area contributed by atoms with E-state index in [-0.39, 0.29) is 17.7 Å². The first-order chi connectivity index (χ1) is 6.79. The maximum absolute atomic E-state index is 6.05. The quantitative estimate of drug-likeness (QED) is 0.409. The molecule has 72 valence electrons. The fourth-order valence-corrected chi connectivity index (χ4v) is 2.67. The van der Waals surface area contributed by atoms with Crippen LogP contribution in [0.1, 0.15) is 11.7 Å². The molecule has 0 saturated carbocycles. The van der Waals surface area contributed by atoms with E-state index < -0.39 is 0 Å². The van der Waals surface area contributed by atoms with Gasteiger partial charge in [0.2, 0.25) is 0 Å². The lowest BCUT2D eigenvalue weighted by molar-refractivity contribution is 0.427. The van der Waals surface area contributed by atoms with Gasteiger partial charge in [0.1, 0.15) is 16.8 Å². The fraction of sp³-hybridized carbons (Fsp3) is 0.300. The van der Waals surface area contributed by atoms with Crippen molar-refractivity contribution < 1.29 is 0 Å². The number of alkyl halides is 1. The molecule has 1 fully saturated rings. The molecule has 2 nitrogen and oxygen atoms in total. The van der Waals surface area contributed by atoms with E-state index in [1.54, 1.807) is 0 Å². The van der Waals surface area contributed by atoms with Crippen molar-refractivity contribution in [2.75, 3.05) is 0 Å². The summed E-state index contributed by atoms with van der Waals surface area (Å²) in [5.41, 5.74) is 1.18. The smallest absolute Gasteiger partial charge is 0.131 e. The Morgan fingerprint density at radius 3 is 2.50 bits per heavy atom. The first-order valence-corrected chi connectivity index (χ1v) is 5.30. The van der Waals surface area contributed by atoms with Crippen LogP contribution in [0.3, 0.4) is 0 Å². The maximum atomic E-state index is 6.05. The molecule has 1 aromatic carbocycles. The molecule has 0 radical (unpaired) electrons. The van der Waals surface area contributed by atoms with E-state index >= 15 is 0 Å². The van der Waals surface area contributed by atoms with Gasteiger partial charge in [-0.3, -0.25) is 4.99 Å². The van der Waals surface area contributed by atoms with Gasteiger partial charge in [0.25, 0.3) is 0 Å². The van der Waals surface area contributed by atoms with Crippen LogP contribution in [-0.4, -0.2) is 21.6 Å². The van der Waals surface area contributed by atoms with E-state index in [1.807, 2.05) is 30.3 Å². The van der Waals surface area contributed by atoms with Crippen LogP contribution in [0.2, 0.25) is 0 Å². The summed E-state index contributed by atoms with van der Waals surface area (Å²) in [6.45, 7) is 0. The number of aliphatic imine (C=N–C) groups is 1. The third-order valence-electron chi connectivity index (χ3n) is 2.65. The fourth-order valence-electron chi connectivity index (χ4n) is 1.87. The van der Waals surface area contributed by atoms with Gasteiger partial charge in [0, 0.05) is 0 Å². The zero-order chi connectivity index (χ0) is 9.71. The normalized spacial score (nSPS) is 39.1. The second-order valence-electron chi connectivity index (χ2n) is 3.50. The number of hydrogen-bond acceptors (Lipinski definition) is 2. The molecule has 2 heterocycles. The van der Waals surface area contributed by atoms with Crippen molar-refractivity contribution in [1.29, 1.82) is 0 Å². The minimum atomic E-state index is 0.0243. The average molecular weight is 227 g/mol. The first-order valence-electron chi connectivity index (χ1n) is 4.48. The molecule has 2 aliphatic rings. The average Bonchev–Trinajstić information content (AvgIpc) is 2.72. The molecule has 1 saturated heterocycles. The monoisotopic (exact) mass is 226 g/mol. The van der Waals surface area contributed by atoms with Crippen molar-refractivity contribution in [2.45, 2.75) is 17.7 Å². The standard InChI is InChI=1S/C10H8Cl2N2/c11-8-7-9(12)14(7)10(13-8)6-4-2-1-3-5-6/h1-5,7,9-10H. The van der Waals surface area contributed by atoms with Crippen molar-refractivity contribution >= 4 is 28.4 Å². The van der Waals surface area contributed by atoms with Gasteiger partial charge in [0.15, 0.2) is 0 Å². The summed E-state index contributed by atoms with van der Waals surface area (Å²) in [4.78, 5) is 6.46. The lowest BCUT2D eigenvalue weighted by Crippen LogP contribution is -2.05. The van der Waals surface area contributed by atoms with Gasteiger partial charge in [-0.2, -0.15) is 0 Å². The Balaban J connectivity index is 1.95. The number of hydrogen-bond donors (Lipinski definition) is 0. The van der Waals surface area contributed by atoms with Crippen molar-refractivity contribution in [3.63, 3.8) is 0 Å². The molecule has 0 amide bonds. The molecule has 2 aliphatic heterocycles. The van der Waals surface area contributed by atoms with E-state index in [2.05, 4.69) is 9.89 Å². The van der Waals surface area contributed by atoms with E-state index in [9.17, 15) is 0 Å². The predicted molar refractivity (Wildman–Crippen MR) is 57.7 cm³/mol. The third-order valence-corrected chi connectivity index (χ3v) is 3.43. The number of rotatable bonds is 1. The molecule has 14 heavy (non-hydrogen) atoms. The molecule has 1 aromatic rings. The molecule has 4 heteroatoms. The lowest BCUT2D eigenvalue weighted by Gasteiger charge is -2.10. The van der Waals surface area contributed by atoms with E-state index in [0.29, 0.717) is 5.17 Å². The van der Waals surface area contributed by atoms with Crippen LogP contribution in [0.15, 0.2) is 35.3 Å². The predicted octanol–water partition coefficient (Wildman–Crippen LogP) is 2.59. The molecule has 3 rings (SSSR count). The van der Waals surface area contributed by atoms with E-state index in [4.69, 9.17) is 23.2 Å². The van der Waals surface area contributed by atoms with Gasteiger partial charge in [0.05, 0.1) is 6.04 Å². The molecule has 0 N–H and O–H groups in total. The van der Waals surface area contributed by atoms with Crippen LogP contribution >= 0.6 is 23.2 Å². The summed E-state index contributed by atoms with van der Waals surface area (Å²) < 4.78 is 0. The van der Waals surface area contributed by atoms with Crippen molar-refractivity contribution in [1.82, 2.24) is 4.90 Å². The minimum Gasteiger partial charge on any atom is -0.252 e. The van der Waals surface area contributed by atoms with Gasteiger partial charge in [-0.15, -0.1) is 11.6 Å². The van der Waals surface area contributed by atoms with Crippen LogP contribution in [0.25, 0.3) is 0 Å². The van der Waals surface area contributed by atoms with Gasteiger partial charge in [-0.05, 0) is 5.56 Å². The third kappa shape index (κ3) is 1.11. The molecule has 4 unspecified atom stereocenters. The highest BCUT2D eigenvalue weighted by molar-refractivity contribution is 6.68. The SMILES string of the molecule is ClC1=NC(c2ccccc2)N2C(Cl)C12.